The van der Waals surface area contributed by atoms with Gasteiger partial charge in [0.25, 0.3) is 0 Å². The summed E-state index contributed by atoms with van der Waals surface area (Å²) in [7, 11) is 1.67. The summed E-state index contributed by atoms with van der Waals surface area (Å²) in [5.74, 6) is 1.44. The second kappa shape index (κ2) is 6.40. The van der Waals surface area contributed by atoms with Crippen molar-refractivity contribution in [2.24, 2.45) is 5.92 Å². The Labute approximate surface area is 119 Å². The van der Waals surface area contributed by atoms with E-state index in [0.29, 0.717) is 12.2 Å². The van der Waals surface area contributed by atoms with Gasteiger partial charge in [0.05, 0.1) is 7.11 Å². The number of carbonyl (C=O) groups excluding carboxylic acids is 1. The van der Waals surface area contributed by atoms with Crippen molar-refractivity contribution < 1.29 is 9.53 Å². The minimum atomic E-state index is 0.180. The van der Waals surface area contributed by atoms with E-state index in [1.165, 1.54) is 0 Å². The molecule has 19 heavy (non-hydrogen) atoms. The minimum absolute atomic E-state index is 0.180. The fourth-order valence-corrected chi connectivity index (χ4v) is 2.78. The lowest BCUT2D eigenvalue weighted by molar-refractivity contribution is -0.126. The SMILES string of the molecule is CCC1CN(Cc2cc(Cl)ccc2OC)CCC1=O. The number of ketones is 1. The molecule has 1 aliphatic rings. The van der Waals surface area contributed by atoms with Crippen LogP contribution in [-0.4, -0.2) is 30.9 Å². The number of nitrogens with zero attached hydrogens (tertiary/aromatic N) is 1. The number of Topliss-reactive ketones (excluding diaryl/α,β-unsaturated/α-hetero) is 1. The maximum atomic E-state index is 11.7. The highest BCUT2D eigenvalue weighted by Gasteiger charge is 2.26. The van der Waals surface area contributed by atoms with Crippen molar-refractivity contribution in [2.45, 2.75) is 26.3 Å². The van der Waals surface area contributed by atoms with Crippen LogP contribution >= 0.6 is 11.6 Å². The Balaban J connectivity index is 2.09. The molecule has 2 rings (SSSR count). The van der Waals surface area contributed by atoms with Gasteiger partial charge in [0, 0.05) is 42.6 Å². The van der Waals surface area contributed by atoms with E-state index in [0.717, 1.165) is 42.4 Å². The number of methoxy groups -OCH3 is 1. The molecule has 0 N–H and O–H groups in total. The molecule has 0 saturated carbocycles. The third-order valence-corrected chi connectivity index (χ3v) is 3.97. The first-order chi connectivity index (χ1) is 9.13. The van der Waals surface area contributed by atoms with Gasteiger partial charge in [-0.1, -0.05) is 18.5 Å². The van der Waals surface area contributed by atoms with Crippen LogP contribution in [0, 0.1) is 5.92 Å². The van der Waals surface area contributed by atoms with Crippen molar-refractivity contribution in [1.29, 1.82) is 0 Å². The Morgan fingerprint density at radius 1 is 1.47 bits per heavy atom. The predicted octanol–water partition coefficient (Wildman–Crippen LogP) is 3.15. The molecule has 0 radical (unpaired) electrons. The summed E-state index contributed by atoms with van der Waals surface area (Å²) in [6.07, 6.45) is 1.57. The van der Waals surface area contributed by atoms with E-state index in [-0.39, 0.29) is 5.92 Å². The molecule has 0 amide bonds. The molecule has 1 aliphatic heterocycles. The van der Waals surface area contributed by atoms with Crippen LogP contribution in [0.2, 0.25) is 5.02 Å². The molecule has 3 nitrogen and oxygen atoms in total. The van der Waals surface area contributed by atoms with Crippen LogP contribution in [0.5, 0.6) is 5.75 Å². The number of piperidine rings is 1. The molecule has 1 atom stereocenters. The first-order valence-corrected chi connectivity index (χ1v) is 7.09. The van der Waals surface area contributed by atoms with Gasteiger partial charge < -0.3 is 4.74 Å². The zero-order valence-electron chi connectivity index (χ0n) is 11.5. The summed E-state index contributed by atoms with van der Waals surface area (Å²) in [5.41, 5.74) is 1.08. The number of hydrogen-bond acceptors (Lipinski definition) is 3. The van der Waals surface area contributed by atoms with Gasteiger partial charge in [-0.3, -0.25) is 9.69 Å². The van der Waals surface area contributed by atoms with E-state index in [1.54, 1.807) is 7.11 Å². The fraction of sp³-hybridized carbons (Fsp3) is 0.533. The van der Waals surface area contributed by atoms with Crippen molar-refractivity contribution in [1.82, 2.24) is 4.90 Å². The maximum absolute atomic E-state index is 11.7. The van der Waals surface area contributed by atoms with Crippen LogP contribution in [0.15, 0.2) is 18.2 Å². The molecule has 1 saturated heterocycles. The topological polar surface area (TPSA) is 29.5 Å². The molecular weight excluding hydrogens is 262 g/mol. The second-order valence-corrected chi connectivity index (χ2v) is 5.45. The number of rotatable bonds is 4. The first-order valence-electron chi connectivity index (χ1n) is 6.71. The zero-order valence-corrected chi connectivity index (χ0v) is 12.2. The molecule has 0 aliphatic carbocycles. The van der Waals surface area contributed by atoms with Crippen LogP contribution in [-0.2, 0) is 11.3 Å². The van der Waals surface area contributed by atoms with Crippen molar-refractivity contribution in [3.63, 3.8) is 0 Å². The maximum Gasteiger partial charge on any atom is 0.138 e. The van der Waals surface area contributed by atoms with E-state index in [4.69, 9.17) is 16.3 Å². The molecule has 0 bridgehead atoms. The Morgan fingerprint density at radius 3 is 2.95 bits per heavy atom. The first kappa shape index (κ1) is 14.4. The zero-order chi connectivity index (χ0) is 13.8. The highest BCUT2D eigenvalue weighted by atomic mass is 35.5. The van der Waals surface area contributed by atoms with Gasteiger partial charge in [-0.15, -0.1) is 0 Å². The lowest BCUT2D eigenvalue weighted by Gasteiger charge is -2.31. The van der Waals surface area contributed by atoms with Crippen LogP contribution in [0.25, 0.3) is 0 Å². The molecule has 1 unspecified atom stereocenters. The molecule has 4 heteroatoms. The standard InChI is InChI=1S/C15H20ClNO2/c1-3-11-9-17(7-6-14(11)18)10-12-8-13(16)4-5-15(12)19-2/h4-5,8,11H,3,6-7,9-10H2,1-2H3. The van der Waals surface area contributed by atoms with Gasteiger partial charge in [-0.2, -0.15) is 0 Å². The molecule has 0 aromatic heterocycles. The molecule has 0 spiro atoms. The normalized spacial score (nSPS) is 20.6. The van der Waals surface area contributed by atoms with Gasteiger partial charge in [0.2, 0.25) is 0 Å². The average molecular weight is 282 g/mol. The fourth-order valence-electron chi connectivity index (χ4n) is 2.59. The lowest BCUT2D eigenvalue weighted by atomic mass is 9.94. The van der Waals surface area contributed by atoms with E-state index in [9.17, 15) is 4.79 Å². The highest BCUT2D eigenvalue weighted by Crippen LogP contribution is 2.26. The van der Waals surface area contributed by atoms with Gasteiger partial charge in [0.1, 0.15) is 11.5 Å². The predicted molar refractivity (Wildman–Crippen MR) is 76.7 cm³/mol. The van der Waals surface area contributed by atoms with E-state index < -0.39 is 0 Å². The molecule has 1 aromatic carbocycles. The van der Waals surface area contributed by atoms with Gasteiger partial charge in [-0.05, 0) is 24.6 Å². The monoisotopic (exact) mass is 281 g/mol. The second-order valence-electron chi connectivity index (χ2n) is 5.01. The lowest BCUT2D eigenvalue weighted by Crippen LogP contribution is -2.40. The van der Waals surface area contributed by atoms with Gasteiger partial charge in [0.15, 0.2) is 0 Å². The third kappa shape index (κ3) is 3.48. The summed E-state index contributed by atoms with van der Waals surface area (Å²) in [6.45, 7) is 4.52. The summed E-state index contributed by atoms with van der Waals surface area (Å²) in [4.78, 5) is 14.0. The Bertz CT molecular complexity index is 461. The summed E-state index contributed by atoms with van der Waals surface area (Å²) < 4.78 is 5.36. The molecular formula is C15H20ClNO2. The van der Waals surface area contributed by atoms with Crippen molar-refractivity contribution in [3.05, 3.63) is 28.8 Å². The van der Waals surface area contributed by atoms with Gasteiger partial charge >= 0.3 is 0 Å². The number of benzene rings is 1. The summed E-state index contributed by atoms with van der Waals surface area (Å²) in [5, 5.41) is 0.718. The van der Waals surface area contributed by atoms with Crippen LogP contribution in [0.3, 0.4) is 0 Å². The van der Waals surface area contributed by atoms with Crippen LogP contribution in [0.4, 0.5) is 0 Å². The molecule has 1 fully saturated rings. The number of likely N-dealkylation sites (tertiary alicyclic amines) is 1. The Kier molecular flexibility index (Phi) is 4.83. The number of hydrogen-bond donors (Lipinski definition) is 0. The summed E-state index contributed by atoms with van der Waals surface area (Å²) >= 11 is 6.04. The molecule has 1 aromatic rings. The largest absolute Gasteiger partial charge is 0.496 e. The van der Waals surface area contributed by atoms with E-state index >= 15 is 0 Å². The summed E-state index contributed by atoms with van der Waals surface area (Å²) in [6, 6.07) is 5.67. The number of carbonyl (C=O) groups is 1. The smallest absolute Gasteiger partial charge is 0.138 e. The van der Waals surface area contributed by atoms with Crippen molar-refractivity contribution >= 4 is 17.4 Å². The molecule has 1 heterocycles. The van der Waals surface area contributed by atoms with Crippen LogP contribution < -0.4 is 4.74 Å². The third-order valence-electron chi connectivity index (χ3n) is 3.74. The average Bonchev–Trinajstić information content (AvgIpc) is 2.41. The van der Waals surface area contributed by atoms with Crippen molar-refractivity contribution in [2.75, 3.05) is 20.2 Å². The Morgan fingerprint density at radius 2 is 2.26 bits per heavy atom. The van der Waals surface area contributed by atoms with Crippen molar-refractivity contribution in [3.8, 4) is 5.75 Å². The minimum Gasteiger partial charge on any atom is -0.496 e. The van der Waals surface area contributed by atoms with Gasteiger partial charge in [-0.25, -0.2) is 0 Å². The highest BCUT2D eigenvalue weighted by molar-refractivity contribution is 6.30. The Hall–Kier alpha value is -1.06. The van der Waals surface area contributed by atoms with Crippen LogP contribution in [0.1, 0.15) is 25.3 Å². The van der Waals surface area contributed by atoms with E-state index in [1.807, 2.05) is 18.2 Å². The number of halogens is 1. The van der Waals surface area contributed by atoms with E-state index in [2.05, 4.69) is 11.8 Å². The number of ether oxygens (including phenoxy) is 1. The molecule has 104 valence electrons. The quantitative estimate of drug-likeness (QED) is 0.849.